The van der Waals surface area contributed by atoms with Gasteiger partial charge >= 0.3 is 0 Å². The highest BCUT2D eigenvalue weighted by atomic mass is 19.1. The number of benzene rings is 1. The van der Waals surface area contributed by atoms with Crippen LogP contribution in [0.4, 0.5) is 4.39 Å². The second-order valence-corrected chi connectivity index (χ2v) is 4.70. The molecule has 0 aliphatic heterocycles. The van der Waals surface area contributed by atoms with Crippen LogP contribution in [-0.4, -0.2) is 13.2 Å². The highest BCUT2D eigenvalue weighted by molar-refractivity contribution is 5.29. The predicted octanol–water partition coefficient (Wildman–Crippen LogP) is 3.53. The quantitative estimate of drug-likeness (QED) is 0.749. The first kappa shape index (κ1) is 14.7. The van der Waals surface area contributed by atoms with E-state index in [4.69, 9.17) is 4.74 Å². The van der Waals surface area contributed by atoms with Gasteiger partial charge in [-0.25, -0.2) is 4.39 Å². The Balaban J connectivity index is 2.56. The Labute approximate surface area is 109 Å². The Bertz CT molecular complexity index is 388. The van der Waals surface area contributed by atoms with Gasteiger partial charge in [-0.15, -0.1) is 0 Å². The third-order valence-corrected chi connectivity index (χ3v) is 2.39. The van der Waals surface area contributed by atoms with Crippen molar-refractivity contribution in [2.75, 3.05) is 13.2 Å². The number of halogens is 1. The summed E-state index contributed by atoms with van der Waals surface area (Å²) in [5.41, 5.74) is 0.908. The number of rotatable bonds is 7. The Morgan fingerprint density at radius 2 is 2.11 bits per heavy atom. The molecule has 1 rings (SSSR count). The van der Waals surface area contributed by atoms with E-state index in [0.29, 0.717) is 24.8 Å². The van der Waals surface area contributed by atoms with E-state index in [2.05, 4.69) is 19.2 Å². The van der Waals surface area contributed by atoms with Gasteiger partial charge in [0.05, 0.1) is 0 Å². The lowest BCUT2D eigenvalue weighted by Crippen LogP contribution is -2.19. The largest absolute Gasteiger partial charge is 0.489 e. The number of nitrogens with one attached hydrogen (secondary N) is 1. The Morgan fingerprint density at radius 1 is 1.33 bits per heavy atom. The van der Waals surface area contributed by atoms with Gasteiger partial charge < -0.3 is 10.1 Å². The summed E-state index contributed by atoms with van der Waals surface area (Å²) in [4.78, 5) is 0. The van der Waals surface area contributed by atoms with E-state index in [-0.39, 0.29) is 5.82 Å². The molecule has 0 fully saturated rings. The third-order valence-electron chi connectivity index (χ3n) is 2.39. The molecule has 1 N–H and O–H groups in total. The summed E-state index contributed by atoms with van der Waals surface area (Å²) in [6.07, 6.45) is 3.80. The molecule has 0 saturated carbocycles. The minimum Gasteiger partial charge on any atom is -0.489 e. The van der Waals surface area contributed by atoms with Crippen LogP contribution in [0.15, 0.2) is 30.4 Å². The molecular formula is C15H22FNO. The van der Waals surface area contributed by atoms with Crippen molar-refractivity contribution in [3.05, 3.63) is 41.7 Å². The van der Waals surface area contributed by atoms with Gasteiger partial charge in [0.25, 0.3) is 0 Å². The fraction of sp³-hybridized carbons (Fsp3) is 0.467. The monoisotopic (exact) mass is 251 g/mol. The summed E-state index contributed by atoms with van der Waals surface area (Å²) in [5.74, 6) is 0.910. The molecule has 0 unspecified atom stereocenters. The Kier molecular flexibility index (Phi) is 6.44. The van der Waals surface area contributed by atoms with Gasteiger partial charge in [-0.05, 0) is 37.1 Å². The van der Waals surface area contributed by atoms with Gasteiger partial charge in [0, 0.05) is 12.6 Å². The lowest BCUT2D eigenvalue weighted by molar-refractivity contribution is 0.359. The van der Waals surface area contributed by atoms with Crippen LogP contribution in [0.1, 0.15) is 26.3 Å². The van der Waals surface area contributed by atoms with Crippen molar-refractivity contribution < 1.29 is 9.13 Å². The summed E-state index contributed by atoms with van der Waals surface area (Å²) in [7, 11) is 0. The van der Waals surface area contributed by atoms with Gasteiger partial charge in [-0.2, -0.15) is 0 Å². The van der Waals surface area contributed by atoms with Gasteiger partial charge in [0.2, 0.25) is 0 Å². The summed E-state index contributed by atoms with van der Waals surface area (Å²) >= 11 is 0. The van der Waals surface area contributed by atoms with E-state index >= 15 is 0 Å². The van der Waals surface area contributed by atoms with E-state index in [1.807, 2.05) is 25.1 Å². The molecule has 2 nitrogen and oxygen atoms in total. The van der Waals surface area contributed by atoms with Crippen molar-refractivity contribution in [3.8, 4) is 5.75 Å². The molecule has 3 heteroatoms. The van der Waals surface area contributed by atoms with Crippen LogP contribution in [0.25, 0.3) is 0 Å². The Hall–Kier alpha value is -1.35. The van der Waals surface area contributed by atoms with Crippen molar-refractivity contribution in [1.29, 1.82) is 0 Å². The molecule has 0 atom stereocenters. The molecule has 0 saturated heterocycles. The Morgan fingerprint density at radius 3 is 2.78 bits per heavy atom. The number of allylic oxidation sites excluding steroid dienone is 1. The van der Waals surface area contributed by atoms with Crippen LogP contribution in [0.3, 0.4) is 0 Å². The summed E-state index contributed by atoms with van der Waals surface area (Å²) in [5, 5.41) is 3.29. The van der Waals surface area contributed by atoms with Gasteiger partial charge in [-0.3, -0.25) is 0 Å². The second-order valence-electron chi connectivity index (χ2n) is 4.70. The summed E-state index contributed by atoms with van der Waals surface area (Å²) in [6, 6.07) is 4.82. The third kappa shape index (κ3) is 5.82. The molecule has 0 heterocycles. The second kappa shape index (κ2) is 7.88. The molecule has 0 bridgehead atoms. The molecule has 18 heavy (non-hydrogen) atoms. The fourth-order valence-corrected chi connectivity index (χ4v) is 1.55. The zero-order valence-electron chi connectivity index (χ0n) is 11.4. The van der Waals surface area contributed by atoms with Gasteiger partial charge in [-0.1, -0.05) is 26.0 Å². The number of hydrogen-bond donors (Lipinski definition) is 1. The van der Waals surface area contributed by atoms with E-state index in [9.17, 15) is 4.39 Å². The molecular weight excluding hydrogens is 229 g/mol. The topological polar surface area (TPSA) is 21.3 Å². The van der Waals surface area contributed by atoms with Crippen LogP contribution in [0.2, 0.25) is 0 Å². The maximum absolute atomic E-state index is 13.4. The minimum absolute atomic E-state index is 0.255. The van der Waals surface area contributed by atoms with Gasteiger partial charge in [0.15, 0.2) is 0 Å². The van der Waals surface area contributed by atoms with E-state index in [0.717, 1.165) is 12.1 Å². The molecule has 100 valence electrons. The summed E-state index contributed by atoms with van der Waals surface area (Å²) < 4.78 is 18.8. The first-order chi connectivity index (χ1) is 8.61. The van der Waals surface area contributed by atoms with Crippen molar-refractivity contribution >= 4 is 0 Å². The lowest BCUT2D eigenvalue weighted by atomic mass is 10.2. The molecule has 1 aromatic carbocycles. The van der Waals surface area contributed by atoms with Gasteiger partial charge in [0.1, 0.15) is 18.2 Å². The SMILES string of the molecule is C/C=C/COc1cc(F)cc(CNCC(C)C)c1. The average Bonchev–Trinajstić information content (AvgIpc) is 2.28. The van der Waals surface area contributed by atoms with Crippen LogP contribution >= 0.6 is 0 Å². The molecule has 0 aliphatic carbocycles. The van der Waals surface area contributed by atoms with Crippen molar-refractivity contribution in [2.24, 2.45) is 5.92 Å². The molecule has 0 aliphatic rings. The van der Waals surface area contributed by atoms with Crippen molar-refractivity contribution in [1.82, 2.24) is 5.32 Å². The summed E-state index contributed by atoms with van der Waals surface area (Å²) in [6.45, 7) is 8.27. The van der Waals surface area contributed by atoms with E-state index in [1.165, 1.54) is 12.1 Å². The highest BCUT2D eigenvalue weighted by Gasteiger charge is 2.02. The molecule has 0 spiro atoms. The maximum atomic E-state index is 13.4. The standard InChI is InChI=1S/C15H22FNO/c1-4-5-6-18-15-8-13(7-14(16)9-15)11-17-10-12(2)3/h4-5,7-9,12,17H,6,10-11H2,1-3H3/b5-4+. The average molecular weight is 251 g/mol. The smallest absolute Gasteiger partial charge is 0.127 e. The maximum Gasteiger partial charge on any atom is 0.127 e. The number of hydrogen-bond acceptors (Lipinski definition) is 2. The molecule has 0 aromatic heterocycles. The molecule has 1 aromatic rings. The normalized spacial score (nSPS) is 11.4. The van der Waals surface area contributed by atoms with E-state index < -0.39 is 0 Å². The zero-order valence-corrected chi connectivity index (χ0v) is 11.4. The van der Waals surface area contributed by atoms with Crippen molar-refractivity contribution in [2.45, 2.75) is 27.3 Å². The van der Waals surface area contributed by atoms with Crippen LogP contribution in [-0.2, 0) is 6.54 Å². The fourth-order valence-electron chi connectivity index (χ4n) is 1.55. The first-order valence-electron chi connectivity index (χ1n) is 6.36. The zero-order chi connectivity index (χ0) is 13.4. The lowest BCUT2D eigenvalue weighted by Gasteiger charge is -2.09. The molecule has 0 radical (unpaired) electrons. The predicted molar refractivity (Wildman–Crippen MR) is 73.3 cm³/mol. The van der Waals surface area contributed by atoms with Crippen LogP contribution in [0, 0.1) is 11.7 Å². The minimum atomic E-state index is -0.255. The van der Waals surface area contributed by atoms with Crippen LogP contribution in [0.5, 0.6) is 5.75 Å². The van der Waals surface area contributed by atoms with Crippen LogP contribution < -0.4 is 10.1 Å². The van der Waals surface area contributed by atoms with E-state index in [1.54, 1.807) is 0 Å². The first-order valence-corrected chi connectivity index (χ1v) is 6.36. The van der Waals surface area contributed by atoms with Crippen molar-refractivity contribution in [3.63, 3.8) is 0 Å². The highest BCUT2D eigenvalue weighted by Crippen LogP contribution is 2.16. The number of ether oxygens (including phenoxy) is 1. The molecule has 0 amide bonds.